The fourth-order valence-electron chi connectivity index (χ4n) is 1.28. The summed E-state index contributed by atoms with van der Waals surface area (Å²) >= 11 is 0. The number of carboxylic acids is 1. The van der Waals surface area contributed by atoms with Crippen LogP contribution in [-0.4, -0.2) is 57.4 Å². The summed E-state index contributed by atoms with van der Waals surface area (Å²) in [6.07, 6.45) is 1.57. The van der Waals surface area contributed by atoms with Gasteiger partial charge >= 0.3 is 12.0 Å². The van der Waals surface area contributed by atoms with Gasteiger partial charge in [0.15, 0.2) is 0 Å². The van der Waals surface area contributed by atoms with E-state index in [0.717, 1.165) is 0 Å². The molecule has 106 valence electrons. The summed E-state index contributed by atoms with van der Waals surface area (Å²) in [4.78, 5) is 23.7. The molecule has 18 heavy (non-hydrogen) atoms. The van der Waals surface area contributed by atoms with Crippen LogP contribution in [0, 0.1) is 5.92 Å². The van der Waals surface area contributed by atoms with Crippen LogP contribution in [0.4, 0.5) is 4.79 Å². The highest BCUT2D eigenvalue weighted by Gasteiger charge is 2.18. The van der Waals surface area contributed by atoms with Gasteiger partial charge in [-0.15, -0.1) is 0 Å². The standard InChI is InChI=1S/C11H22N2O4S/c1-8(2)6-13(7-10(14)15)11(16)12-5-9(3)18(4)17/h8-9H,5-7H2,1-4H3,(H,12,16)(H,14,15). The SMILES string of the molecule is CC(C)CN(CC(=O)O)C(=O)NCC(C)S(C)=O. The maximum absolute atomic E-state index is 11.8. The van der Waals surface area contributed by atoms with E-state index >= 15 is 0 Å². The van der Waals surface area contributed by atoms with Crippen LogP contribution in [0.2, 0.25) is 0 Å². The van der Waals surface area contributed by atoms with E-state index in [1.807, 2.05) is 13.8 Å². The summed E-state index contributed by atoms with van der Waals surface area (Å²) in [5.74, 6) is -0.856. The number of aliphatic carboxylic acids is 1. The third-order valence-electron chi connectivity index (χ3n) is 2.31. The fraction of sp³-hybridized carbons (Fsp3) is 0.818. The van der Waals surface area contributed by atoms with E-state index in [2.05, 4.69) is 5.32 Å². The van der Waals surface area contributed by atoms with Gasteiger partial charge < -0.3 is 15.3 Å². The van der Waals surface area contributed by atoms with Crippen LogP contribution in [0.5, 0.6) is 0 Å². The van der Waals surface area contributed by atoms with Crippen molar-refractivity contribution in [1.82, 2.24) is 10.2 Å². The first-order valence-corrected chi connectivity index (χ1v) is 7.43. The van der Waals surface area contributed by atoms with Crippen molar-refractivity contribution in [3.63, 3.8) is 0 Å². The van der Waals surface area contributed by atoms with E-state index in [4.69, 9.17) is 5.11 Å². The molecule has 0 heterocycles. The molecule has 2 N–H and O–H groups in total. The van der Waals surface area contributed by atoms with Gasteiger partial charge in [-0.1, -0.05) is 13.8 Å². The molecule has 0 aromatic carbocycles. The average Bonchev–Trinajstić information content (AvgIpc) is 2.22. The third kappa shape index (κ3) is 7.26. The molecule has 0 fully saturated rings. The number of nitrogens with one attached hydrogen (secondary N) is 1. The molecule has 0 radical (unpaired) electrons. The van der Waals surface area contributed by atoms with Gasteiger partial charge in [0.1, 0.15) is 6.54 Å². The second-order valence-corrected chi connectivity index (χ2v) is 6.47. The molecule has 0 aromatic rings. The Morgan fingerprint density at radius 1 is 1.33 bits per heavy atom. The van der Waals surface area contributed by atoms with Gasteiger partial charge in [0.05, 0.1) is 0 Å². The minimum absolute atomic E-state index is 0.153. The number of carboxylic acid groups (broad SMARTS) is 1. The van der Waals surface area contributed by atoms with Crippen molar-refractivity contribution in [2.24, 2.45) is 5.92 Å². The zero-order valence-corrected chi connectivity index (χ0v) is 12.1. The Morgan fingerprint density at radius 3 is 2.28 bits per heavy atom. The van der Waals surface area contributed by atoms with Gasteiger partial charge in [-0.05, 0) is 12.8 Å². The summed E-state index contributed by atoms with van der Waals surface area (Å²) in [5, 5.41) is 11.2. The van der Waals surface area contributed by atoms with Crippen molar-refractivity contribution >= 4 is 22.8 Å². The number of nitrogens with zero attached hydrogens (tertiary/aromatic N) is 1. The maximum Gasteiger partial charge on any atom is 0.323 e. The minimum atomic E-state index is -1.04. The molecule has 0 aliphatic heterocycles. The largest absolute Gasteiger partial charge is 0.480 e. The number of carbonyl (C=O) groups excluding carboxylic acids is 1. The van der Waals surface area contributed by atoms with Crippen molar-refractivity contribution in [3.05, 3.63) is 0 Å². The smallest absolute Gasteiger partial charge is 0.323 e. The monoisotopic (exact) mass is 278 g/mol. The Labute approximate surface area is 110 Å². The van der Waals surface area contributed by atoms with Gasteiger partial charge in [0.25, 0.3) is 0 Å². The first-order chi connectivity index (χ1) is 8.23. The topological polar surface area (TPSA) is 86.7 Å². The lowest BCUT2D eigenvalue weighted by molar-refractivity contribution is -0.137. The molecule has 0 bridgehead atoms. The predicted octanol–water partition coefficient (Wildman–Crippen LogP) is 0.506. The predicted molar refractivity (Wildman–Crippen MR) is 71.0 cm³/mol. The molecule has 0 aliphatic carbocycles. The Hall–Kier alpha value is -1.11. The highest BCUT2D eigenvalue weighted by Crippen LogP contribution is 2.00. The molecule has 0 saturated carbocycles. The summed E-state index contributed by atoms with van der Waals surface area (Å²) in [5.41, 5.74) is 0. The molecule has 6 nitrogen and oxygen atoms in total. The molecular formula is C11H22N2O4S. The van der Waals surface area contributed by atoms with Crippen LogP contribution < -0.4 is 5.32 Å². The molecule has 0 spiro atoms. The number of carbonyl (C=O) groups is 2. The fourth-order valence-corrected chi connectivity index (χ4v) is 1.60. The first-order valence-electron chi connectivity index (χ1n) is 5.80. The van der Waals surface area contributed by atoms with Gasteiger partial charge in [0.2, 0.25) is 0 Å². The van der Waals surface area contributed by atoms with Crippen molar-refractivity contribution in [3.8, 4) is 0 Å². The van der Waals surface area contributed by atoms with Gasteiger partial charge in [-0.25, -0.2) is 4.79 Å². The average molecular weight is 278 g/mol. The van der Waals surface area contributed by atoms with E-state index in [1.165, 1.54) is 4.90 Å². The van der Waals surface area contributed by atoms with Crippen LogP contribution in [-0.2, 0) is 15.6 Å². The van der Waals surface area contributed by atoms with E-state index < -0.39 is 22.8 Å². The Balaban J connectivity index is 4.37. The van der Waals surface area contributed by atoms with Crippen molar-refractivity contribution in [1.29, 1.82) is 0 Å². The van der Waals surface area contributed by atoms with Crippen LogP contribution >= 0.6 is 0 Å². The van der Waals surface area contributed by atoms with Gasteiger partial charge in [0, 0.05) is 35.4 Å². The molecule has 2 atom stereocenters. The molecule has 7 heteroatoms. The normalized spacial score (nSPS) is 14.1. The lowest BCUT2D eigenvalue weighted by atomic mass is 10.2. The molecule has 0 rings (SSSR count). The van der Waals surface area contributed by atoms with Gasteiger partial charge in [-0.2, -0.15) is 0 Å². The molecular weight excluding hydrogens is 256 g/mol. The maximum atomic E-state index is 11.8. The Bertz CT molecular complexity index is 320. The zero-order valence-electron chi connectivity index (χ0n) is 11.3. The number of hydrogen-bond acceptors (Lipinski definition) is 3. The quantitative estimate of drug-likeness (QED) is 0.710. The molecule has 0 aromatic heterocycles. The second kappa shape index (κ2) is 8.07. The molecule has 2 amide bonds. The van der Waals surface area contributed by atoms with E-state index in [1.54, 1.807) is 13.2 Å². The summed E-state index contributed by atoms with van der Waals surface area (Å²) in [6, 6.07) is -0.427. The summed E-state index contributed by atoms with van der Waals surface area (Å²) in [7, 11) is -1.01. The summed E-state index contributed by atoms with van der Waals surface area (Å²) in [6.45, 7) is 5.91. The van der Waals surface area contributed by atoms with Crippen LogP contribution in [0.1, 0.15) is 20.8 Å². The van der Waals surface area contributed by atoms with Crippen LogP contribution in [0.15, 0.2) is 0 Å². The highest BCUT2D eigenvalue weighted by atomic mass is 32.2. The first kappa shape index (κ1) is 16.9. The van der Waals surface area contributed by atoms with Crippen molar-refractivity contribution < 1.29 is 18.9 Å². The lowest BCUT2D eigenvalue weighted by Gasteiger charge is -2.23. The van der Waals surface area contributed by atoms with Gasteiger partial charge in [-0.3, -0.25) is 9.00 Å². The Morgan fingerprint density at radius 2 is 1.89 bits per heavy atom. The Kier molecular flexibility index (Phi) is 7.58. The van der Waals surface area contributed by atoms with Crippen LogP contribution in [0.3, 0.4) is 0 Å². The summed E-state index contributed by atoms with van der Waals surface area (Å²) < 4.78 is 11.1. The van der Waals surface area contributed by atoms with E-state index in [-0.39, 0.29) is 24.3 Å². The van der Waals surface area contributed by atoms with Crippen LogP contribution in [0.25, 0.3) is 0 Å². The molecule has 0 saturated heterocycles. The minimum Gasteiger partial charge on any atom is -0.480 e. The molecule has 2 unspecified atom stereocenters. The number of hydrogen-bond donors (Lipinski definition) is 2. The zero-order chi connectivity index (χ0) is 14.3. The van der Waals surface area contributed by atoms with Crippen molar-refractivity contribution in [2.45, 2.75) is 26.0 Å². The van der Waals surface area contributed by atoms with Crippen molar-refractivity contribution in [2.75, 3.05) is 25.9 Å². The highest BCUT2D eigenvalue weighted by molar-refractivity contribution is 7.84. The number of rotatable bonds is 7. The van der Waals surface area contributed by atoms with E-state index in [0.29, 0.717) is 6.54 Å². The number of amides is 2. The van der Waals surface area contributed by atoms with E-state index in [9.17, 15) is 13.8 Å². The third-order valence-corrected chi connectivity index (χ3v) is 3.61. The lowest BCUT2D eigenvalue weighted by Crippen LogP contribution is -2.46. The second-order valence-electron chi connectivity index (χ2n) is 4.66. The molecule has 0 aliphatic rings. The number of urea groups is 1.